The van der Waals surface area contributed by atoms with Gasteiger partial charge in [0.25, 0.3) is 0 Å². The van der Waals surface area contributed by atoms with Gasteiger partial charge in [-0.2, -0.15) is 0 Å². The molecule has 33 heavy (non-hydrogen) atoms. The summed E-state index contributed by atoms with van der Waals surface area (Å²) in [4.78, 5) is 41.7. The molecule has 1 fully saturated rings. The van der Waals surface area contributed by atoms with E-state index in [1.54, 1.807) is 11.1 Å². The summed E-state index contributed by atoms with van der Waals surface area (Å²) in [5.74, 6) is -0.464. The van der Waals surface area contributed by atoms with E-state index in [0.29, 0.717) is 50.0 Å². The average molecular weight is 462 g/mol. The molecular weight excluding hydrogens is 422 g/mol. The molecule has 1 saturated heterocycles. The van der Waals surface area contributed by atoms with Crippen LogP contribution in [0.1, 0.15) is 86.3 Å². The van der Waals surface area contributed by atoms with Crippen molar-refractivity contribution in [3.63, 3.8) is 0 Å². The highest BCUT2D eigenvalue weighted by molar-refractivity contribution is 6.11. The average Bonchev–Trinajstić information content (AvgIpc) is 3.15. The Balaban J connectivity index is 0.00000187. The number of piperidine rings is 1. The Labute approximate surface area is 197 Å². The van der Waals surface area contributed by atoms with Gasteiger partial charge in [-0.1, -0.05) is 13.8 Å². The smallest absolute Gasteiger partial charge is 0.410 e. The number of allylic oxidation sites excluding steroid dienone is 1. The summed E-state index contributed by atoms with van der Waals surface area (Å²) >= 11 is 0. The Morgan fingerprint density at radius 1 is 1.12 bits per heavy atom. The number of Topliss-reactive ketones (excluding diaryl/α,β-unsaturated/α-hetero) is 1. The number of hydrogen-bond acceptors (Lipinski definition) is 6. The number of carbonyl (C=O) groups is 3. The molecular formula is C25H39N3O5. The van der Waals surface area contributed by atoms with Crippen LogP contribution >= 0.6 is 0 Å². The Hall–Kier alpha value is -2.77. The number of esters is 1. The fourth-order valence-corrected chi connectivity index (χ4v) is 4.26. The first-order chi connectivity index (χ1) is 15.5. The lowest BCUT2D eigenvalue weighted by atomic mass is 9.89. The maximum atomic E-state index is 13.3. The van der Waals surface area contributed by atoms with Crippen molar-refractivity contribution in [3.8, 4) is 0 Å². The minimum Gasteiger partial charge on any atom is -0.465 e. The number of amides is 1. The van der Waals surface area contributed by atoms with Crippen molar-refractivity contribution in [2.24, 2.45) is 0 Å². The summed E-state index contributed by atoms with van der Waals surface area (Å²) in [6.07, 6.45) is 5.88. The van der Waals surface area contributed by atoms with Gasteiger partial charge < -0.3 is 23.8 Å². The van der Waals surface area contributed by atoms with Crippen LogP contribution in [0.2, 0.25) is 0 Å². The number of rotatable bonds is 3. The SMILES string of the molecule is CC.COC(=O)c1cn(C2CCN(C(=O)OC(C)(C)C)CC2)c2c1CC/C(=C\N(C)C)C2=O. The van der Waals surface area contributed by atoms with Crippen LogP contribution in [0.15, 0.2) is 18.0 Å². The van der Waals surface area contributed by atoms with Crippen LogP contribution in [-0.2, 0) is 15.9 Å². The van der Waals surface area contributed by atoms with Crippen molar-refractivity contribution in [2.75, 3.05) is 34.3 Å². The molecule has 0 bridgehead atoms. The van der Waals surface area contributed by atoms with Crippen molar-refractivity contribution in [3.05, 3.63) is 34.8 Å². The van der Waals surface area contributed by atoms with E-state index >= 15 is 0 Å². The normalized spacial score (nSPS) is 17.8. The van der Waals surface area contributed by atoms with Crippen molar-refractivity contribution in [1.82, 2.24) is 14.4 Å². The van der Waals surface area contributed by atoms with Crippen molar-refractivity contribution in [1.29, 1.82) is 0 Å². The molecule has 0 radical (unpaired) electrons. The molecule has 8 heteroatoms. The monoisotopic (exact) mass is 461 g/mol. The second-order valence-corrected chi connectivity index (χ2v) is 9.41. The van der Waals surface area contributed by atoms with Gasteiger partial charge >= 0.3 is 12.1 Å². The molecule has 3 rings (SSSR count). The first-order valence-electron chi connectivity index (χ1n) is 11.7. The topological polar surface area (TPSA) is 81.1 Å². The Bertz CT molecular complexity index is 900. The highest BCUT2D eigenvalue weighted by atomic mass is 16.6. The summed E-state index contributed by atoms with van der Waals surface area (Å²) in [5.41, 5.74) is 2.01. The lowest BCUT2D eigenvalue weighted by Gasteiger charge is -2.35. The van der Waals surface area contributed by atoms with E-state index in [0.717, 1.165) is 11.1 Å². The number of aromatic nitrogens is 1. The van der Waals surface area contributed by atoms with Crippen molar-refractivity contribution < 1.29 is 23.9 Å². The minimum absolute atomic E-state index is 0.0218. The van der Waals surface area contributed by atoms with E-state index in [4.69, 9.17) is 9.47 Å². The maximum Gasteiger partial charge on any atom is 0.410 e. The predicted octanol–water partition coefficient (Wildman–Crippen LogP) is 4.45. The molecule has 1 amide bonds. The van der Waals surface area contributed by atoms with Crippen LogP contribution in [0.4, 0.5) is 4.79 Å². The molecule has 1 aromatic rings. The van der Waals surface area contributed by atoms with Crippen molar-refractivity contribution in [2.45, 2.75) is 71.9 Å². The molecule has 184 valence electrons. The minimum atomic E-state index is -0.537. The summed E-state index contributed by atoms with van der Waals surface area (Å²) in [6.45, 7) is 10.6. The van der Waals surface area contributed by atoms with Crippen LogP contribution < -0.4 is 0 Å². The number of ether oxygens (including phenoxy) is 2. The standard InChI is InChI=1S/C23H33N3O5.C2H6/c1-23(2,3)31-22(29)25-11-9-16(10-12-25)26-14-18(21(28)30-6)17-8-7-15(13-24(4)5)20(27)19(17)26;1-2/h13-14,16H,7-12H2,1-6H3;1-2H3/b15-13+;. The molecule has 0 unspecified atom stereocenters. The van der Waals surface area contributed by atoms with Crippen LogP contribution in [-0.4, -0.2) is 72.1 Å². The molecule has 0 spiro atoms. The highest BCUT2D eigenvalue weighted by Crippen LogP contribution is 2.35. The molecule has 0 aromatic carbocycles. The molecule has 2 heterocycles. The maximum absolute atomic E-state index is 13.3. The fourth-order valence-electron chi connectivity index (χ4n) is 4.26. The number of carbonyl (C=O) groups excluding carboxylic acids is 3. The summed E-state index contributed by atoms with van der Waals surface area (Å²) < 4.78 is 12.4. The highest BCUT2D eigenvalue weighted by Gasteiger charge is 2.35. The van der Waals surface area contributed by atoms with Gasteiger partial charge in [0.1, 0.15) is 5.60 Å². The second kappa shape index (κ2) is 10.9. The fraction of sp³-hybridized carbons (Fsp3) is 0.640. The number of likely N-dealkylation sites (tertiary alicyclic amines) is 1. The number of ketones is 1. The third-order valence-electron chi connectivity index (χ3n) is 5.62. The zero-order chi connectivity index (χ0) is 24.9. The zero-order valence-corrected chi connectivity index (χ0v) is 21.4. The van der Waals surface area contributed by atoms with Gasteiger partial charge in [-0.3, -0.25) is 4.79 Å². The van der Waals surface area contributed by atoms with Gasteiger partial charge in [0.2, 0.25) is 5.78 Å². The van der Waals surface area contributed by atoms with Crippen molar-refractivity contribution >= 4 is 17.8 Å². The lowest BCUT2D eigenvalue weighted by molar-refractivity contribution is 0.0187. The molecule has 0 atom stereocenters. The summed E-state index contributed by atoms with van der Waals surface area (Å²) in [6, 6.07) is 0.0218. The largest absolute Gasteiger partial charge is 0.465 e. The summed E-state index contributed by atoms with van der Waals surface area (Å²) in [7, 11) is 5.13. The van der Waals surface area contributed by atoms with E-state index in [9.17, 15) is 14.4 Å². The van der Waals surface area contributed by atoms with Gasteiger partial charge in [0.15, 0.2) is 0 Å². The summed E-state index contributed by atoms with van der Waals surface area (Å²) in [5, 5.41) is 0. The number of hydrogen-bond donors (Lipinski definition) is 0. The van der Waals surface area contributed by atoms with E-state index in [1.165, 1.54) is 7.11 Å². The molecule has 1 aliphatic heterocycles. The Kier molecular flexibility index (Phi) is 8.75. The van der Waals surface area contributed by atoms with Gasteiger partial charge in [0.05, 0.1) is 18.4 Å². The van der Waals surface area contributed by atoms with Crippen LogP contribution in [0.3, 0.4) is 0 Å². The van der Waals surface area contributed by atoms with E-state index in [2.05, 4.69) is 0 Å². The van der Waals surface area contributed by atoms with Gasteiger partial charge in [-0.25, -0.2) is 9.59 Å². The van der Waals surface area contributed by atoms with E-state index in [-0.39, 0.29) is 17.9 Å². The van der Waals surface area contributed by atoms with Gasteiger partial charge in [-0.05, 0) is 52.0 Å². The quantitative estimate of drug-likeness (QED) is 0.489. The lowest BCUT2D eigenvalue weighted by Crippen LogP contribution is -2.42. The molecule has 1 aromatic heterocycles. The van der Waals surface area contributed by atoms with Gasteiger partial charge in [-0.15, -0.1) is 0 Å². The first kappa shape index (κ1) is 26.5. The molecule has 0 N–H and O–H groups in total. The Morgan fingerprint density at radius 2 is 1.73 bits per heavy atom. The second-order valence-electron chi connectivity index (χ2n) is 9.41. The Morgan fingerprint density at radius 3 is 2.24 bits per heavy atom. The van der Waals surface area contributed by atoms with Crippen LogP contribution in [0.25, 0.3) is 0 Å². The number of methoxy groups -OCH3 is 1. The molecule has 8 nitrogen and oxygen atoms in total. The predicted molar refractivity (Wildman–Crippen MR) is 128 cm³/mol. The van der Waals surface area contributed by atoms with E-state index < -0.39 is 11.6 Å². The molecule has 2 aliphatic rings. The third kappa shape index (κ3) is 6.18. The van der Waals surface area contributed by atoms with E-state index in [1.807, 2.05) is 64.4 Å². The first-order valence-corrected chi connectivity index (χ1v) is 11.7. The molecule has 1 aliphatic carbocycles. The third-order valence-corrected chi connectivity index (χ3v) is 5.62. The number of nitrogens with zero attached hydrogens (tertiary/aromatic N) is 3. The van der Waals surface area contributed by atoms with Gasteiger partial charge in [0, 0.05) is 51.2 Å². The molecule has 0 saturated carbocycles. The van der Waals surface area contributed by atoms with Crippen LogP contribution in [0.5, 0.6) is 0 Å². The van der Waals surface area contributed by atoms with Crippen LogP contribution in [0, 0.1) is 0 Å². The zero-order valence-electron chi connectivity index (χ0n) is 21.4. The number of fused-ring (bicyclic) bond motifs is 1.